The molecule has 2 atom stereocenters. The molecule has 3 aromatic rings. The topological polar surface area (TPSA) is 40.6 Å². The van der Waals surface area contributed by atoms with Gasteiger partial charge < -0.3 is 0 Å². The SMILES string of the molecule is Cc1cccc(-c2ccc(C3C(C)N(C/C=C\CN(C)S(=O)(=O)c4ccccc4C)C3C)cc2)c1. The molecule has 1 fully saturated rings. The third-order valence-electron chi connectivity index (χ3n) is 7.36. The lowest BCUT2D eigenvalue weighted by atomic mass is 9.76. The summed E-state index contributed by atoms with van der Waals surface area (Å²) >= 11 is 0. The molecule has 1 aliphatic heterocycles. The van der Waals surface area contributed by atoms with Crippen molar-refractivity contribution in [2.24, 2.45) is 0 Å². The number of aryl methyl sites for hydroxylation is 2. The normalized spacial score (nSPS) is 20.9. The molecular weight excluding hydrogens is 452 g/mol. The van der Waals surface area contributed by atoms with E-state index >= 15 is 0 Å². The van der Waals surface area contributed by atoms with Crippen molar-refractivity contribution < 1.29 is 8.42 Å². The Morgan fingerprint density at radius 3 is 2.20 bits per heavy atom. The van der Waals surface area contributed by atoms with Crippen LogP contribution in [-0.4, -0.2) is 49.8 Å². The Kier molecular flexibility index (Phi) is 7.60. The Balaban J connectivity index is 1.33. The molecule has 1 aliphatic rings. The first-order chi connectivity index (χ1) is 16.7. The van der Waals surface area contributed by atoms with Crippen LogP contribution in [0.1, 0.15) is 36.5 Å². The van der Waals surface area contributed by atoms with Crippen LogP contribution in [0.4, 0.5) is 0 Å². The predicted octanol–water partition coefficient (Wildman–Crippen LogP) is 6.02. The van der Waals surface area contributed by atoms with Gasteiger partial charge in [0.05, 0.1) is 4.90 Å². The largest absolute Gasteiger partial charge is 0.293 e. The van der Waals surface area contributed by atoms with Crippen LogP contribution in [0.2, 0.25) is 0 Å². The number of hydrogen-bond acceptors (Lipinski definition) is 3. The Bertz CT molecular complexity index is 1290. The molecule has 0 aliphatic carbocycles. The molecule has 0 bridgehead atoms. The van der Waals surface area contributed by atoms with Crippen LogP contribution in [0, 0.1) is 13.8 Å². The van der Waals surface area contributed by atoms with E-state index in [4.69, 9.17) is 0 Å². The number of benzene rings is 3. The van der Waals surface area contributed by atoms with Gasteiger partial charge in [0.25, 0.3) is 0 Å². The van der Waals surface area contributed by atoms with Crippen LogP contribution in [-0.2, 0) is 10.0 Å². The van der Waals surface area contributed by atoms with Crippen LogP contribution in [0.3, 0.4) is 0 Å². The van der Waals surface area contributed by atoms with Gasteiger partial charge in [0, 0.05) is 38.1 Å². The van der Waals surface area contributed by atoms with E-state index in [0.717, 1.165) is 12.1 Å². The number of likely N-dealkylation sites (N-methyl/N-ethyl adjacent to an activating group) is 1. The molecule has 1 heterocycles. The van der Waals surface area contributed by atoms with Crippen molar-refractivity contribution in [1.82, 2.24) is 9.21 Å². The summed E-state index contributed by atoms with van der Waals surface area (Å²) in [5.41, 5.74) is 5.93. The summed E-state index contributed by atoms with van der Waals surface area (Å²) in [5.74, 6) is 0.499. The second kappa shape index (κ2) is 10.5. The number of nitrogens with zero attached hydrogens (tertiary/aromatic N) is 2. The smallest absolute Gasteiger partial charge is 0.243 e. The van der Waals surface area contributed by atoms with Gasteiger partial charge in [-0.05, 0) is 56.0 Å². The fourth-order valence-corrected chi connectivity index (χ4v) is 6.57. The highest BCUT2D eigenvalue weighted by Crippen LogP contribution is 2.40. The lowest BCUT2D eigenvalue weighted by Gasteiger charge is -2.53. The zero-order valence-electron chi connectivity index (χ0n) is 21.3. The molecule has 0 saturated carbocycles. The minimum absolute atomic E-state index is 0.358. The summed E-state index contributed by atoms with van der Waals surface area (Å²) in [7, 11) is -1.85. The first-order valence-corrected chi connectivity index (χ1v) is 13.7. The maximum atomic E-state index is 12.9. The lowest BCUT2D eigenvalue weighted by Crippen LogP contribution is -2.59. The third kappa shape index (κ3) is 5.27. The quantitative estimate of drug-likeness (QED) is 0.364. The van der Waals surface area contributed by atoms with E-state index < -0.39 is 10.0 Å². The van der Waals surface area contributed by atoms with E-state index in [1.165, 1.54) is 26.6 Å². The average Bonchev–Trinajstić information content (AvgIpc) is 2.84. The van der Waals surface area contributed by atoms with Crippen molar-refractivity contribution in [3.63, 3.8) is 0 Å². The molecule has 0 aromatic heterocycles. The van der Waals surface area contributed by atoms with Crippen LogP contribution in [0.25, 0.3) is 11.1 Å². The Morgan fingerprint density at radius 2 is 1.54 bits per heavy atom. The van der Waals surface area contributed by atoms with Crippen molar-refractivity contribution >= 4 is 10.0 Å². The molecule has 4 nitrogen and oxygen atoms in total. The van der Waals surface area contributed by atoms with E-state index in [0.29, 0.717) is 29.4 Å². The molecule has 1 saturated heterocycles. The first kappa shape index (κ1) is 25.4. The van der Waals surface area contributed by atoms with E-state index in [2.05, 4.69) is 80.3 Å². The molecular formula is C30H36N2O2S. The fraction of sp³-hybridized carbons (Fsp3) is 0.333. The molecule has 0 N–H and O–H groups in total. The number of likely N-dealkylation sites (tertiary alicyclic amines) is 1. The average molecular weight is 489 g/mol. The van der Waals surface area contributed by atoms with Crippen molar-refractivity contribution in [2.45, 2.75) is 50.6 Å². The zero-order chi connectivity index (χ0) is 25.2. The Labute approximate surface area is 211 Å². The lowest BCUT2D eigenvalue weighted by molar-refractivity contribution is 0.0189. The van der Waals surface area contributed by atoms with Crippen LogP contribution >= 0.6 is 0 Å². The van der Waals surface area contributed by atoms with E-state index in [1.807, 2.05) is 25.1 Å². The maximum absolute atomic E-state index is 12.9. The molecule has 0 radical (unpaired) electrons. The molecule has 2 unspecified atom stereocenters. The van der Waals surface area contributed by atoms with E-state index in [9.17, 15) is 8.42 Å². The molecule has 0 spiro atoms. The Morgan fingerprint density at radius 1 is 0.857 bits per heavy atom. The van der Waals surface area contributed by atoms with Crippen molar-refractivity contribution in [3.05, 3.63) is 102 Å². The molecule has 4 rings (SSSR count). The van der Waals surface area contributed by atoms with Gasteiger partial charge in [0.2, 0.25) is 10.0 Å². The molecule has 3 aromatic carbocycles. The highest BCUT2D eigenvalue weighted by atomic mass is 32.2. The predicted molar refractivity (Wildman–Crippen MR) is 145 cm³/mol. The standard InChI is InChI=1S/C30H36N2O2S/c1-22-11-10-13-28(21-22)26-15-17-27(18-16-26)30-24(3)32(25(30)4)20-9-8-19-31(5)35(33,34)29-14-7-6-12-23(29)2/h6-18,21,24-25,30H,19-20H2,1-5H3/b9-8-. The van der Waals surface area contributed by atoms with Gasteiger partial charge in [-0.2, -0.15) is 4.31 Å². The molecule has 184 valence electrons. The van der Waals surface area contributed by atoms with Gasteiger partial charge in [-0.1, -0.05) is 84.4 Å². The van der Waals surface area contributed by atoms with Crippen molar-refractivity contribution in [3.8, 4) is 11.1 Å². The molecule has 0 amide bonds. The monoisotopic (exact) mass is 488 g/mol. The van der Waals surface area contributed by atoms with Gasteiger partial charge in [-0.3, -0.25) is 4.90 Å². The van der Waals surface area contributed by atoms with E-state index in [-0.39, 0.29) is 0 Å². The zero-order valence-corrected chi connectivity index (χ0v) is 22.2. The van der Waals surface area contributed by atoms with Crippen LogP contribution in [0.5, 0.6) is 0 Å². The maximum Gasteiger partial charge on any atom is 0.243 e. The summed E-state index contributed by atoms with van der Waals surface area (Å²) in [6.45, 7) is 9.69. The van der Waals surface area contributed by atoms with Gasteiger partial charge in [-0.25, -0.2) is 8.42 Å². The minimum atomic E-state index is -3.49. The van der Waals surface area contributed by atoms with Gasteiger partial charge in [-0.15, -0.1) is 0 Å². The molecule has 5 heteroatoms. The third-order valence-corrected chi connectivity index (χ3v) is 9.34. The van der Waals surface area contributed by atoms with Gasteiger partial charge in [0.15, 0.2) is 0 Å². The number of rotatable bonds is 8. The van der Waals surface area contributed by atoms with Gasteiger partial charge >= 0.3 is 0 Å². The number of hydrogen-bond donors (Lipinski definition) is 0. The Hall–Kier alpha value is -2.73. The first-order valence-electron chi connectivity index (χ1n) is 12.3. The summed E-state index contributed by atoms with van der Waals surface area (Å²) in [6.07, 6.45) is 4.05. The molecule has 35 heavy (non-hydrogen) atoms. The van der Waals surface area contributed by atoms with Crippen molar-refractivity contribution in [2.75, 3.05) is 20.1 Å². The van der Waals surface area contributed by atoms with Crippen LogP contribution < -0.4 is 0 Å². The minimum Gasteiger partial charge on any atom is -0.293 e. The summed E-state index contributed by atoms with van der Waals surface area (Å²) < 4.78 is 27.1. The fourth-order valence-electron chi connectivity index (χ4n) is 5.23. The summed E-state index contributed by atoms with van der Waals surface area (Å²) in [6, 6.07) is 25.6. The highest BCUT2D eigenvalue weighted by Gasteiger charge is 2.42. The summed E-state index contributed by atoms with van der Waals surface area (Å²) in [4.78, 5) is 2.84. The second-order valence-electron chi connectivity index (χ2n) is 9.72. The highest BCUT2D eigenvalue weighted by molar-refractivity contribution is 7.89. The van der Waals surface area contributed by atoms with Crippen LogP contribution in [0.15, 0.2) is 89.8 Å². The number of sulfonamides is 1. The second-order valence-corrected chi connectivity index (χ2v) is 11.7. The summed E-state index contributed by atoms with van der Waals surface area (Å²) in [5, 5.41) is 0. The van der Waals surface area contributed by atoms with Gasteiger partial charge in [0.1, 0.15) is 0 Å². The van der Waals surface area contributed by atoms with Crippen molar-refractivity contribution in [1.29, 1.82) is 0 Å². The van der Waals surface area contributed by atoms with E-state index in [1.54, 1.807) is 19.2 Å².